The topological polar surface area (TPSA) is 144 Å². The fourth-order valence-electron chi connectivity index (χ4n) is 6.20. The summed E-state index contributed by atoms with van der Waals surface area (Å²) in [7, 11) is 2.95. The molecule has 2 aliphatic heterocycles. The minimum atomic E-state index is -1.06. The van der Waals surface area contributed by atoms with Crippen molar-refractivity contribution in [3.63, 3.8) is 0 Å². The zero-order valence-electron chi connectivity index (χ0n) is 26.2. The summed E-state index contributed by atoms with van der Waals surface area (Å²) in [6.45, 7) is 1.66. The molecule has 3 unspecified atom stereocenters. The molecule has 0 radical (unpaired) electrons. The van der Waals surface area contributed by atoms with E-state index >= 15 is 0 Å². The average Bonchev–Trinajstić information content (AvgIpc) is 3.63. The molecule has 0 bridgehead atoms. The van der Waals surface area contributed by atoms with Crippen molar-refractivity contribution in [2.75, 3.05) is 40.3 Å². The minimum Gasteiger partial charge on any atom is -0.491 e. The Labute approximate surface area is 266 Å². The van der Waals surface area contributed by atoms with Crippen LogP contribution in [0.1, 0.15) is 42.1 Å². The predicted octanol–water partition coefficient (Wildman–Crippen LogP) is 1.84. The molecule has 3 heterocycles. The second kappa shape index (κ2) is 14.0. The van der Waals surface area contributed by atoms with Crippen LogP contribution in [0.2, 0.25) is 0 Å². The highest BCUT2D eigenvalue weighted by Crippen LogP contribution is 2.26. The molecule has 1 fully saturated rings. The molecule has 2 aromatic carbocycles. The lowest BCUT2D eigenvalue weighted by molar-refractivity contribution is -0.140. The lowest BCUT2D eigenvalue weighted by Gasteiger charge is -2.28. The van der Waals surface area contributed by atoms with Gasteiger partial charge in [-0.1, -0.05) is 18.2 Å². The fourth-order valence-corrected chi connectivity index (χ4v) is 6.20. The fraction of sp³-hybridized carbons (Fsp3) is 0.424. The van der Waals surface area contributed by atoms with E-state index < -0.39 is 29.7 Å². The van der Waals surface area contributed by atoms with E-state index in [4.69, 9.17) is 4.74 Å². The van der Waals surface area contributed by atoms with Crippen molar-refractivity contribution in [1.82, 2.24) is 30.3 Å². The molecule has 5 amide bonds. The molecule has 0 aliphatic carbocycles. The number of aromatic amines is 1. The maximum absolute atomic E-state index is 14.5. The van der Waals surface area contributed by atoms with Gasteiger partial charge in [-0.3, -0.25) is 24.0 Å². The number of amides is 5. The number of aromatic nitrogens is 1. The molecule has 3 aromatic rings. The average molecular weight is 635 g/mol. The van der Waals surface area contributed by atoms with Crippen LogP contribution in [-0.2, 0) is 25.6 Å². The minimum absolute atomic E-state index is 0.0268. The summed E-state index contributed by atoms with van der Waals surface area (Å²) in [5, 5.41) is 6.77. The lowest BCUT2D eigenvalue weighted by atomic mass is 10.1. The van der Waals surface area contributed by atoms with Crippen molar-refractivity contribution in [3.05, 3.63) is 65.6 Å². The first-order chi connectivity index (χ1) is 22.0. The SMILES string of the molecule is CC(=O)NC1CC2COc3ccc(F)cc3C(=O)N(C)C(C(=O)NCCc3c[nH]c4ccccc34)CCC(=O)N(C)CC(=O)N2C1. The summed E-state index contributed by atoms with van der Waals surface area (Å²) in [5.74, 6) is -2.63. The second-order valence-corrected chi connectivity index (χ2v) is 11.9. The van der Waals surface area contributed by atoms with Crippen LogP contribution < -0.4 is 15.4 Å². The van der Waals surface area contributed by atoms with Crippen LogP contribution in [0.3, 0.4) is 0 Å². The molecule has 2 aliphatic rings. The second-order valence-electron chi connectivity index (χ2n) is 11.9. The molecule has 5 rings (SSSR count). The number of hydrogen-bond donors (Lipinski definition) is 3. The number of carbonyl (C=O) groups excluding carboxylic acids is 5. The zero-order valence-corrected chi connectivity index (χ0v) is 26.2. The van der Waals surface area contributed by atoms with Crippen molar-refractivity contribution in [2.45, 2.75) is 50.7 Å². The number of hydrogen-bond acceptors (Lipinski definition) is 6. The first kappa shape index (κ1) is 32.5. The number of benzene rings is 2. The van der Waals surface area contributed by atoms with Crippen LogP contribution in [0.4, 0.5) is 4.39 Å². The highest BCUT2D eigenvalue weighted by Gasteiger charge is 2.38. The van der Waals surface area contributed by atoms with E-state index in [1.165, 1.54) is 43.0 Å². The number of likely N-dealkylation sites (N-methyl/N-ethyl adjacent to an activating group) is 2. The van der Waals surface area contributed by atoms with E-state index in [2.05, 4.69) is 15.6 Å². The molecular weight excluding hydrogens is 595 g/mol. The molecular formula is C33H39FN6O6. The smallest absolute Gasteiger partial charge is 0.258 e. The van der Waals surface area contributed by atoms with Gasteiger partial charge in [0.2, 0.25) is 23.6 Å². The number of rotatable bonds is 5. The standard InChI is InChI=1S/C33H39FN6O6/c1-20(41)37-23-15-24-19-46-29-10-8-22(34)14-26(29)33(45)39(3)28(9-11-30(42)38(2)18-31(43)40(24)17-23)32(44)35-13-12-21-16-36-27-7-5-4-6-25(21)27/h4-8,10,14,16,23-24,28,36H,9,11-13,15,17-19H2,1-3H3,(H,35,44)(H,37,41). The third kappa shape index (κ3) is 7.30. The zero-order chi connectivity index (χ0) is 33.0. The van der Waals surface area contributed by atoms with Gasteiger partial charge >= 0.3 is 0 Å². The number of nitrogens with zero attached hydrogens (tertiary/aromatic N) is 3. The highest BCUT2D eigenvalue weighted by atomic mass is 19.1. The molecule has 1 saturated heterocycles. The first-order valence-electron chi connectivity index (χ1n) is 15.3. The van der Waals surface area contributed by atoms with Crippen molar-refractivity contribution >= 4 is 40.4 Å². The molecule has 1 aromatic heterocycles. The quantitative estimate of drug-likeness (QED) is 0.391. The summed E-state index contributed by atoms with van der Waals surface area (Å²) in [6.07, 6.45) is 2.68. The summed E-state index contributed by atoms with van der Waals surface area (Å²) in [6, 6.07) is 9.54. The van der Waals surface area contributed by atoms with Crippen LogP contribution in [0, 0.1) is 5.82 Å². The molecule has 46 heavy (non-hydrogen) atoms. The predicted molar refractivity (Wildman–Crippen MR) is 167 cm³/mol. The van der Waals surface area contributed by atoms with Gasteiger partial charge in [-0.2, -0.15) is 0 Å². The Morgan fingerprint density at radius 3 is 2.65 bits per heavy atom. The van der Waals surface area contributed by atoms with Crippen molar-refractivity contribution in [3.8, 4) is 5.75 Å². The van der Waals surface area contributed by atoms with Gasteiger partial charge in [0.25, 0.3) is 5.91 Å². The Morgan fingerprint density at radius 2 is 1.87 bits per heavy atom. The van der Waals surface area contributed by atoms with Crippen molar-refractivity contribution in [1.29, 1.82) is 0 Å². The Morgan fingerprint density at radius 1 is 1.09 bits per heavy atom. The van der Waals surface area contributed by atoms with Gasteiger partial charge in [-0.15, -0.1) is 0 Å². The van der Waals surface area contributed by atoms with Crippen LogP contribution in [-0.4, -0.2) is 108 Å². The number of para-hydroxylation sites is 1. The van der Waals surface area contributed by atoms with E-state index in [1.54, 1.807) is 4.90 Å². The number of nitrogens with one attached hydrogen (secondary N) is 3. The van der Waals surface area contributed by atoms with Gasteiger partial charge in [0.1, 0.15) is 24.2 Å². The van der Waals surface area contributed by atoms with Crippen molar-refractivity contribution < 1.29 is 33.1 Å². The number of halogens is 1. The molecule has 12 nitrogen and oxygen atoms in total. The van der Waals surface area contributed by atoms with Gasteiger partial charge < -0.3 is 35.1 Å². The van der Waals surface area contributed by atoms with Gasteiger partial charge in [0, 0.05) is 63.7 Å². The largest absolute Gasteiger partial charge is 0.491 e. The summed E-state index contributed by atoms with van der Waals surface area (Å²) >= 11 is 0. The first-order valence-corrected chi connectivity index (χ1v) is 15.3. The van der Waals surface area contributed by atoms with Gasteiger partial charge in [0.05, 0.1) is 18.2 Å². The molecule has 0 spiro atoms. The van der Waals surface area contributed by atoms with Crippen molar-refractivity contribution in [2.24, 2.45) is 0 Å². The maximum atomic E-state index is 14.5. The Hall–Kier alpha value is -4.94. The summed E-state index contributed by atoms with van der Waals surface area (Å²) in [5.41, 5.74) is 1.92. The third-order valence-electron chi connectivity index (χ3n) is 8.63. The molecule has 0 saturated carbocycles. The van der Waals surface area contributed by atoms with Crippen LogP contribution in [0.15, 0.2) is 48.7 Å². The molecule has 244 valence electrons. The van der Waals surface area contributed by atoms with Gasteiger partial charge in [0.15, 0.2) is 0 Å². The lowest BCUT2D eigenvalue weighted by Crippen LogP contribution is -2.49. The normalized spacial score (nSPS) is 21.3. The molecule has 13 heteroatoms. The number of ether oxygens (including phenoxy) is 1. The summed E-state index contributed by atoms with van der Waals surface area (Å²) in [4.78, 5) is 72.9. The number of carbonyl (C=O) groups is 5. The van der Waals surface area contributed by atoms with Gasteiger partial charge in [-0.05, 0) is 49.1 Å². The van der Waals surface area contributed by atoms with E-state index in [9.17, 15) is 28.4 Å². The highest BCUT2D eigenvalue weighted by molar-refractivity contribution is 5.99. The molecule has 3 N–H and O–H groups in total. The van der Waals surface area contributed by atoms with Crippen LogP contribution in [0.25, 0.3) is 10.9 Å². The monoisotopic (exact) mass is 634 g/mol. The summed E-state index contributed by atoms with van der Waals surface area (Å²) < 4.78 is 20.5. The van der Waals surface area contributed by atoms with Crippen LogP contribution >= 0.6 is 0 Å². The van der Waals surface area contributed by atoms with E-state index in [0.717, 1.165) is 22.5 Å². The number of fused-ring (bicyclic) bond motifs is 3. The van der Waals surface area contributed by atoms with E-state index in [0.29, 0.717) is 12.8 Å². The Balaban J connectivity index is 1.38. The van der Waals surface area contributed by atoms with E-state index in [1.807, 2.05) is 30.5 Å². The Bertz CT molecular complexity index is 1640. The third-order valence-corrected chi connectivity index (χ3v) is 8.63. The molecule has 3 atom stereocenters. The number of H-pyrrole nitrogens is 1. The maximum Gasteiger partial charge on any atom is 0.258 e. The van der Waals surface area contributed by atoms with Crippen LogP contribution in [0.5, 0.6) is 5.75 Å². The Kier molecular flexibility index (Phi) is 9.88. The van der Waals surface area contributed by atoms with Gasteiger partial charge in [-0.25, -0.2) is 4.39 Å². The van der Waals surface area contributed by atoms with E-state index in [-0.39, 0.29) is 74.2 Å².